The van der Waals surface area contributed by atoms with Crippen LogP contribution in [-0.2, 0) is 18.9 Å². The van der Waals surface area contributed by atoms with Gasteiger partial charge in [0.2, 0.25) is 5.95 Å². The highest BCUT2D eigenvalue weighted by Gasteiger charge is 2.46. The van der Waals surface area contributed by atoms with Gasteiger partial charge in [-0.15, -0.1) is 0 Å². The van der Waals surface area contributed by atoms with Crippen LogP contribution < -0.4 is 11.3 Å². The predicted molar refractivity (Wildman–Crippen MR) is 79.9 cm³/mol. The summed E-state index contributed by atoms with van der Waals surface area (Å²) in [5, 5.41) is 0. The molecule has 10 heteroatoms. The molecule has 1 fully saturated rings. The van der Waals surface area contributed by atoms with Gasteiger partial charge in [-0.25, -0.2) is 4.98 Å². The molecule has 3 rings (SSSR count). The Hall–Kier alpha value is -2.01. The SMILES string of the molecule is COC[C@H]1O[C@@H](n2cnc3c(=O)[nH]c(N)nc32)[C@@H](OC)C1OC. The first-order valence-corrected chi connectivity index (χ1v) is 7.03. The molecule has 126 valence electrons. The van der Waals surface area contributed by atoms with Crippen LogP contribution in [-0.4, -0.2) is 65.8 Å². The van der Waals surface area contributed by atoms with Crippen LogP contribution in [0.15, 0.2) is 11.1 Å². The van der Waals surface area contributed by atoms with Crippen LogP contribution in [0.1, 0.15) is 6.23 Å². The predicted octanol–water partition coefficient (Wildman–Crippen LogP) is -0.724. The average Bonchev–Trinajstić information content (AvgIpc) is 3.08. The van der Waals surface area contributed by atoms with Gasteiger partial charge < -0.3 is 24.7 Å². The number of nitrogens with zero attached hydrogens (tertiary/aromatic N) is 3. The van der Waals surface area contributed by atoms with Gasteiger partial charge in [-0.3, -0.25) is 14.3 Å². The molecule has 2 aromatic rings. The smallest absolute Gasteiger partial charge is 0.280 e. The number of nitrogens with one attached hydrogen (secondary N) is 1. The number of fused-ring (bicyclic) bond motifs is 1. The third kappa shape index (κ3) is 2.59. The number of hydrogen-bond donors (Lipinski definition) is 2. The molecule has 1 unspecified atom stereocenters. The fraction of sp³-hybridized carbons (Fsp3) is 0.615. The zero-order valence-electron chi connectivity index (χ0n) is 13.1. The van der Waals surface area contributed by atoms with Crippen molar-refractivity contribution >= 4 is 17.1 Å². The van der Waals surface area contributed by atoms with Crippen molar-refractivity contribution in [2.45, 2.75) is 24.5 Å². The quantitative estimate of drug-likeness (QED) is 0.737. The number of aromatic nitrogens is 4. The molecule has 0 radical (unpaired) electrons. The van der Waals surface area contributed by atoms with Gasteiger partial charge in [-0.05, 0) is 0 Å². The molecule has 10 nitrogen and oxygen atoms in total. The lowest BCUT2D eigenvalue weighted by molar-refractivity contribution is -0.0636. The Labute approximate surface area is 131 Å². The topological polar surface area (TPSA) is 127 Å². The molecular weight excluding hydrogens is 306 g/mol. The van der Waals surface area contributed by atoms with Gasteiger partial charge in [0.15, 0.2) is 17.4 Å². The molecule has 0 amide bonds. The van der Waals surface area contributed by atoms with E-state index < -0.39 is 17.9 Å². The first-order valence-electron chi connectivity index (χ1n) is 7.03. The van der Waals surface area contributed by atoms with E-state index in [1.807, 2.05) is 0 Å². The maximum absolute atomic E-state index is 11.9. The molecule has 0 bridgehead atoms. The normalized spacial score (nSPS) is 27.8. The summed E-state index contributed by atoms with van der Waals surface area (Å²) in [7, 11) is 4.73. The number of methoxy groups -OCH3 is 3. The summed E-state index contributed by atoms with van der Waals surface area (Å²) in [6.45, 7) is 0.345. The lowest BCUT2D eigenvalue weighted by Crippen LogP contribution is -2.36. The Kier molecular flexibility index (Phi) is 4.31. The van der Waals surface area contributed by atoms with Crippen LogP contribution in [0.2, 0.25) is 0 Å². The van der Waals surface area contributed by atoms with E-state index >= 15 is 0 Å². The molecule has 0 saturated carbocycles. The van der Waals surface area contributed by atoms with Crippen molar-refractivity contribution in [1.29, 1.82) is 0 Å². The highest BCUT2D eigenvalue weighted by molar-refractivity contribution is 5.70. The minimum absolute atomic E-state index is 0.00736. The van der Waals surface area contributed by atoms with Gasteiger partial charge >= 0.3 is 0 Å². The standard InChI is InChI=1S/C13H19N5O5/c1-20-4-6-8(21-2)9(22-3)12(23-6)18-5-15-7-10(18)16-13(14)17-11(7)19/h5-6,8-9,12H,4H2,1-3H3,(H3,14,16,17,19)/t6-,8?,9+,12-/m1/s1. The minimum Gasteiger partial charge on any atom is -0.382 e. The second kappa shape index (κ2) is 6.24. The molecule has 1 aliphatic heterocycles. The Morgan fingerprint density at radius 2 is 2.09 bits per heavy atom. The molecule has 2 aromatic heterocycles. The molecule has 3 N–H and O–H groups in total. The van der Waals surface area contributed by atoms with E-state index in [4.69, 9.17) is 24.7 Å². The maximum Gasteiger partial charge on any atom is 0.280 e. The number of hydrogen-bond acceptors (Lipinski definition) is 8. The first kappa shape index (κ1) is 15.9. The van der Waals surface area contributed by atoms with E-state index in [1.54, 1.807) is 25.9 Å². The lowest BCUT2D eigenvalue weighted by atomic mass is 10.1. The highest BCUT2D eigenvalue weighted by Crippen LogP contribution is 2.34. The summed E-state index contributed by atoms with van der Waals surface area (Å²) in [4.78, 5) is 22.5. The Morgan fingerprint density at radius 3 is 2.74 bits per heavy atom. The van der Waals surface area contributed by atoms with Gasteiger partial charge in [0.25, 0.3) is 5.56 Å². The number of nitrogens with two attached hydrogens (primary N) is 1. The van der Waals surface area contributed by atoms with Crippen LogP contribution in [0.4, 0.5) is 5.95 Å². The number of imidazole rings is 1. The summed E-state index contributed by atoms with van der Waals surface area (Å²) in [6.07, 6.45) is -0.160. The lowest BCUT2D eigenvalue weighted by Gasteiger charge is -2.21. The molecule has 3 heterocycles. The van der Waals surface area contributed by atoms with Crippen molar-refractivity contribution in [3.8, 4) is 0 Å². The van der Waals surface area contributed by atoms with Crippen molar-refractivity contribution in [3.63, 3.8) is 0 Å². The number of rotatable bonds is 5. The number of anilines is 1. The Morgan fingerprint density at radius 1 is 1.35 bits per heavy atom. The number of nitrogen functional groups attached to an aromatic ring is 1. The van der Waals surface area contributed by atoms with Crippen LogP contribution >= 0.6 is 0 Å². The van der Waals surface area contributed by atoms with Crippen LogP contribution in [0.5, 0.6) is 0 Å². The van der Waals surface area contributed by atoms with Crippen LogP contribution in [0.25, 0.3) is 11.2 Å². The van der Waals surface area contributed by atoms with E-state index in [1.165, 1.54) is 6.33 Å². The zero-order chi connectivity index (χ0) is 16.6. The summed E-state index contributed by atoms with van der Waals surface area (Å²) >= 11 is 0. The Balaban J connectivity index is 2.05. The number of H-pyrrole nitrogens is 1. The van der Waals surface area contributed by atoms with Gasteiger partial charge in [0.1, 0.15) is 18.3 Å². The van der Waals surface area contributed by atoms with E-state index in [0.29, 0.717) is 12.3 Å². The second-order valence-corrected chi connectivity index (χ2v) is 5.20. The van der Waals surface area contributed by atoms with Crippen molar-refractivity contribution < 1.29 is 18.9 Å². The van der Waals surface area contributed by atoms with Gasteiger partial charge in [-0.2, -0.15) is 4.98 Å². The molecule has 0 aliphatic carbocycles. The van der Waals surface area contributed by atoms with Gasteiger partial charge in [0, 0.05) is 21.3 Å². The van der Waals surface area contributed by atoms with Crippen LogP contribution in [0.3, 0.4) is 0 Å². The summed E-state index contributed by atoms with van der Waals surface area (Å²) in [5.41, 5.74) is 5.72. The highest BCUT2D eigenvalue weighted by atomic mass is 16.6. The largest absolute Gasteiger partial charge is 0.382 e. The summed E-state index contributed by atoms with van der Waals surface area (Å²) in [6, 6.07) is 0. The number of aromatic amines is 1. The average molecular weight is 325 g/mol. The monoisotopic (exact) mass is 325 g/mol. The Bertz CT molecular complexity index is 744. The summed E-state index contributed by atoms with van der Waals surface area (Å²) < 4.78 is 23.8. The second-order valence-electron chi connectivity index (χ2n) is 5.20. The molecule has 1 saturated heterocycles. The molecule has 0 spiro atoms. The van der Waals surface area contributed by atoms with Crippen LogP contribution in [0, 0.1) is 0 Å². The molecular formula is C13H19N5O5. The zero-order valence-corrected chi connectivity index (χ0v) is 13.1. The third-order valence-electron chi connectivity index (χ3n) is 3.89. The van der Waals surface area contributed by atoms with Crippen molar-refractivity contribution in [1.82, 2.24) is 19.5 Å². The fourth-order valence-electron chi connectivity index (χ4n) is 2.90. The van der Waals surface area contributed by atoms with Crippen molar-refractivity contribution in [2.24, 2.45) is 0 Å². The third-order valence-corrected chi connectivity index (χ3v) is 3.89. The van der Waals surface area contributed by atoms with E-state index in [2.05, 4.69) is 15.0 Å². The molecule has 23 heavy (non-hydrogen) atoms. The van der Waals surface area contributed by atoms with Gasteiger partial charge in [0.05, 0.1) is 12.9 Å². The molecule has 1 aliphatic rings. The van der Waals surface area contributed by atoms with Crippen molar-refractivity contribution in [2.75, 3.05) is 33.7 Å². The number of ether oxygens (including phenoxy) is 4. The summed E-state index contributed by atoms with van der Waals surface area (Å²) in [5.74, 6) is 0.00736. The maximum atomic E-state index is 11.9. The molecule has 4 atom stereocenters. The molecule has 0 aromatic carbocycles. The van der Waals surface area contributed by atoms with E-state index in [-0.39, 0.29) is 23.7 Å². The minimum atomic E-state index is -0.566. The van der Waals surface area contributed by atoms with E-state index in [9.17, 15) is 4.79 Å². The first-order chi connectivity index (χ1) is 11.1. The van der Waals surface area contributed by atoms with Gasteiger partial charge in [-0.1, -0.05) is 0 Å². The van der Waals surface area contributed by atoms with Crippen molar-refractivity contribution in [3.05, 3.63) is 16.7 Å². The van der Waals surface area contributed by atoms with E-state index in [0.717, 1.165) is 0 Å². The fourth-order valence-corrected chi connectivity index (χ4v) is 2.90.